The van der Waals surface area contributed by atoms with Crippen LogP contribution in [0.25, 0.3) is 6.08 Å². The molecular weight excluding hydrogens is 477 g/mol. The topological polar surface area (TPSA) is 55.8 Å². The Morgan fingerprint density at radius 3 is 2.50 bits per heavy atom. The molecule has 0 radical (unpaired) electrons. The first kappa shape index (κ1) is 23.9. The first-order valence-electron chi connectivity index (χ1n) is 10.6. The lowest BCUT2D eigenvalue weighted by molar-refractivity contribution is -0.123. The van der Waals surface area contributed by atoms with E-state index in [9.17, 15) is 14.0 Å². The minimum absolute atomic E-state index is 0.0513. The highest BCUT2D eigenvalue weighted by Gasteiger charge is 2.35. The third kappa shape index (κ3) is 5.61. The Kier molecular flexibility index (Phi) is 7.55. The van der Waals surface area contributed by atoms with Gasteiger partial charge in [-0.3, -0.25) is 14.5 Å². The van der Waals surface area contributed by atoms with Gasteiger partial charge in [0.05, 0.1) is 18.1 Å². The van der Waals surface area contributed by atoms with E-state index in [1.54, 1.807) is 66.7 Å². The van der Waals surface area contributed by atoms with Gasteiger partial charge in [0.15, 0.2) is 11.5 Å². The van der Waals surface area contributed by atoms with Gasteiger partial charge in [-0.15, -0.1) is 0 Å². The lowest BCUT2D eigenvalue weighted by Crippen LogP contribution is -2.27. The van der Waals surface area contributed by atoms with Crippen LogP contribution >= 0.6 is 23.4 Å². The Hall–Kier alpha value is -3.29. The van der Waals surface area contributed by atoms with Crippen LogP contribution in [0.1, 0.15) is 23.6 Å². The van der Waals surface area contributed by atoms with Crippen LogP contribution in [-0.4, -0.2) is 22.7 Å². The molecule has 1 aliphatic heterocycles. The molecule has 3 aromatic carbocycles. The number of benzene rings is 3. The van der Waals surface area contributed by atoms with Gasteiger partial charge in [0.2, 0.25) is 0 Å². The molecule has 0 bridgehead atoms. The van der Waals surface area contributed by atoms with E-state index in [4.69, 9.17) is 21.1 Å². The number of nitrogens with zero attached hydrogens (tertiary/aromatic N) is 1. The van der Waals surface area contributed by atoms with Crippen LogP contribution in [0.5, 0.6) is 11.5 Å². The number of hydrogen-bond acceptors (Lipinski definition) is 5. The molecule has 0 spiro atoms. The largest absolute Gasteiger partial charge is 0.490 e. The number of amides is 2. The van der Waals surface area contributed by atoms with Gasteiger partial charge in [-0.05, 0) is 66.2 Å². The lowest BCUT2D eigenvalue weighted by atomic mass is 10.1. The van der Waals surface area contributed by atoms with Gasteiger partial charge in [-0.25, -0.2) is 4.39 Å². The molecule has 8 heteroatoms. The van der Waals surface area contributed by atoms with E-state index in [0.29, 0.717) is 39.2 Å². The van der Waals surface area contributed by atoms with E-state index < -0.39 is 0 Å². The Balaban J connectivity index is 1.51. The molecule has 34 heavy (non-hydrogen) atoms. The van der Waals surface area contributed by atoms with E-state index in [2.05, 4.69) is 0 Å². The van der Waals surface area contributed by atoms with Gasteiger partial charge < -0.3 is 9.47 Å². The molecule has 1 aliphatic rings. The van der Waals surface area contributed by atoms with Crippen molar-refractivity contribution in [3.63, 3.8) is 0 Å². The Labute approximate surface area is 206 Å². The van der Waals surface area contributed by atoms with E-state index in [1.165, 1.54) is 11.0 Å². The molecule has 0 aromatic heterocycles. The van der Waals surface area contributed by atoms with Gasteiger partial charge in [-0.2, -0.15) is 0 Å². The minimum atomic E-state index is -0.359. The van der Waals surface area contributed by atoms with E-state index in [1.807, 2.05) is 6.92 Å². The van der Waals surface area contributed by atoms with Crippen molar-refractivity contribution in [2.24, 2.45) is 0 Å². The molecule has 2 amide bonds. The summed E-state index contributed by atoms with van der Waals surface area (Å²) in [7, 11) is 0. The molecule has 0 atom stereocenters. The molecule has 0 saturated carbocycles. The van der Waals surface area contributed by atoms with Crippen molar-refractivity contribution in [2.45, 2.75) is 20.1 Å². The van der Waals surface area contributed by atoms with E-state index in [-0.39, 0.29) is 30.1 Å². The summed E-state index contributed by atoms with van der Waals surface area (Å²) in [5.41, 5.74) is 1.92. The molecule has 1 fully saturated rings. The maximum atomic E-state index is 13.9. The van der Waals surface area contributed by atoms with Crippen LogP contribution in [0.3, 0.4) is 0 Å². The minimum Gasteiger partial charge on any atom is -0.490 e. The highest BCUT2D eigenvalue weighted by Crippen LogP contribution is 2.35. The second-order valence-corrected chi connectivity index (χ2v) is 8.84. The van der Waals surface area contributed by atoms with Crippen molar-refractivity contribution in [2.75, 3.05) is 6.61 Å². The van der Waals surface area contributed by atoms with Crippen LogP contribution < -0.4 is 9.47 Å². The highest BCUT2D eigenvalue weighted by atomic mass is 35.5. The number of imide groups is 1. The summed E-state index contributed by atoms with van der Waals surface area (Å²) in [5, 5.41) is 0.255. The highest BCUT2D eigenvalue weighted by molar-refractivity contribution is 8.18. The summed E-state index contributed by atoms with van der Waals surface area (Å²) < 4.78 is 25.4. The monoisotopic (exact) mass is 497 g/mol. The Bertz CT molecular complexity index is 1250. The van der Waals surface area contributed by atoms with Gasteiger partial charge in [0.1, 0.15) is 12.4 Å². The molecular formula is C26H21ClFNO4S. The number of carbonyl (C=O) groups excluding carboxylic acids is 2. The van der Waals surface area contributed by atoms with Crippen molar-refractivity contribution in [3.05, 3.63) is 99.2 Å². The molecule has 1 heterocycles. The van der Waals surface area contributed by atoms with Gasteiger partial charge >= 0.3 is 0 Å². The molecule has 174 valence electrons. The van der Waals surface area contributed by atoms with Crippen molar-refractivity contribution >= 4 is 40.6 Å². The molecule has 5 nitrogen and oxygen atoms in total. The number of ether oxygens (including phenoxy) is 2. The van der Waals surface area contributed by atoms with Crippen LogP contribution in [-0.2, 0) is 17.9 Å². The summed E-state index contributed by atoms with van der Waals surface area (Å²) in [6.45, 7) is 2.47. The lowest BCUT2D eigenvalue weighted by Gasteiger charge is -2.13. The van der Waals surface area contributed by atoms with Crippen molar-refractivity contribution in [1.29, 1.82) is 0 Å². The number of carbonyl (C=O) groups is 2. The van der Waals surface area contributed by atoms with Gasteiger partial charge in [0.25, 0.3) is 11.1 Å². The van der Waals surface area contributed by atoms with Crippen LogP contribution in [0.2, 0.25) is 5.02 Å². The standard InChI is InChI=1S/C26H21ClFNO4S/c1-2-32-23-13-18(9-12-22(23)33-16-19-5-3-4-6-21(19)28)14-24-25(30)29(26(31)34-24)15-17-7-10-20(27)11-8-17/h3-14H,2,15-16H2,1H3/b24-14-. The number of rotatable bonds is 8. The van der Waals surface area contributed by atoms with Crippen LogP contribution in [0.15, 0.2) is 71.6 Å². The normalized spacial score (nSPS) is 14.7. The van der Waals surface area contributed by atoms with E-state index >= 15 is 0 Å². The third-order valence-electron chi connectivity index (χ3n) is 5.03. The summed E-state index contributed by atoms with van der Waals surface area (Å²) in [5.74, 6) is 0.222. The summed E-state index contributed by atoms with van der Waals surface area (Å²) >= 11 is 6.80. The van der Waals surface area contributed by atoms with Crippen LogP contribution in [0, 0.1) is 5.82 Å². The van der Waals surface area contributed by atoms with Gasteiger partial charge in [0, 0.05) is 10.6 Å². The fourth-order valence-electron chi connectivity index (χ4n) is 3.33. The number of halogens is 2. The zero-order chi connectivity index (χ0) is 24.1. The third-order valence-corrected chi connectivity index (χ3v) is 6.19. The first-order chi connectivity index (χ1) is 16.4. The molecule has 3 aromatic rings. The van der Waals surface area contributed by atoms with Crippen molar-refractivity contribution in [3.8, 4) is 11.5 Å². The summed E-state index contributed by atoms with van der Waals surface area (Å²) in [6.07, 6.45) is 1.65. The zero-order valence-corrected chi connectivity index (χ0v) is 19.9. The average molecular weight is 498 g/mol. The smallest absolute Gasteiger partial charge is 0.293 e. The average Bonchev–Trinajstić information content (AvgIpc) is 3.08. The fraction of sp³-hybridized carbons (Fsp3) is 0.154. The summed E-state index contributed by atoms with van der Waals surface area (Å²) in [6, 6.07) is 18.6. The second kappa shape index (κ2) is 10.8. The van der Waals surface area contributed by atoms with Crippen molar-refractivity contribution < 1.29 is 23.5 Å². The first-order valence-corrected chi connectivity index (χ1v) is 11.8. The second-order valence-electron chi connectivity index (χ2n) is 7.41. The number of hydrogen-bond donors (Lipinski definition) is 0. The van der Waals surface area contributed by atoms with Crippen LogP contribution in [0.4, 0.5) is 9.18 Å². The molecule has 4 rings (SSSR count). The SMILES string of the molecule is CCOc1cc(/C=C2\SC(=O)N(Cc3ccc(Cl)cc3)C2=O)ccc1OCc1ccccc1F. The van der Waals surface area contributed by atoms with E-state index in [0.717, 1.165) is 17.3 Å². The maximum absolute atomic E-state index is 13.9. The quantitative estimate of drug-likeness (QED) is 0.324. The van der Waals surface area contributed by atoms with Crippen molar-refractivity contribution in [1.82, 2.24) is 4.90 Å². The van der Waals surface area contributed by atoms with Gasteiger partial charge in [-0.1, -0.05) is 48.0 Å². The molecule has 0 aliphatic carbocycles. The Morgan fingerprint density at radius 2 is 1.76 bits per heavy atom. The Morgan fingerprint density at radius 1 is 1.00 bits per heavy atom. The zero-order valence-electron chi connectivity index (χ0n) is 18.3. The molecule has 0 unspecified atom stereocenters. The molecule has 0 N–H and O–H groups in total. The predicted molar refractivity (Wildman–Crippen MR) is 131 cm³/mol. The number of thioether (sulfide) groups is 1. The molecule has 1 saturated heterocycles. The predicted octanol–water partition coefficient (Wildman–Crippen LogP) is 6.69. The fourth-order valence-corrected chi connectivity index (χ4v) is 4.30. The summed E-state index contributed by atoms with van der Waals surface area (Å²) in [4.78, 5) is 26.8. The maximum Gasteiger partial charge on any atom is 0.293 e.